The minimum atomic E-state index is 0.414. The standard InChI is InChI=1S/C19H21N3/c1-22(13-17-16-8-2-5-14(16)10-12-20-17)18-9-3-6-15-7-4-11-21-19(15)18/h2,4-5,7,10-12,18H,3,6,8-9,13H2,1H3. The van der Waals surface area contributed by atoms with Crippen LogP contribution in [0.1, 0.15) is 47.0 Å². The van der Waals surface area contributed by atoms with Gasteiger partial charge in [-0.3, -0.25) is 14.9 Å². The molecule has 112 valence electrons. The summed E-state index contributed by atoms with van der Waals surface area (Å²) in [6.07, 6.45) is 12.9. The third-order valence-electron chi connectivity index (χ3n) is 4.90. The molecule has 0 aliphatic heterocycles. The van der Waals surface area contributed by atoms with Crippen LogP contribution in [0.5, 0.6) is 0 Å². The van der Waals surface area contributed by atoms with Gasteiger partial charge in [0.1, 0.15) is 0 Å². The topological polar surface area (TPSA) is 29.0 Å². The lowest BCUT2D eigenvalue weighted by Gasteiger charge is -2.32. The molecular formula is C19H21N3. The lowest BCUT2D eigenvalue weighted by atomic mass is 9.91. The summed E-state index contributed by atoms with van der Waals surface area (Å²) in [5.41, 5.74) is 6.63. The molecular weight excluding hydrogens is 270 g/mol. The number of aryl methyl sites for hydroxylation is 1. The molecule has 0 spiro atoms. The maximum atomic E-state index is 4.66. The molecule has 2 aromatic rings. The molecule has 0 bridgehead atoms. The van der Waals surface area contributed by atoms with Crippen LogP contribution in [-0.4, -0.2) is 21.9 Å². The van der Waals surface area contributed by atoms with Gasteiger partial charge in [0.05, 0.1) is 17.4 Å². The number of aromatic nitrogens is 2. The molecule has 22 heavy (non-hydrogen) atoms. The summed E-state index contributed by atoms with van der Waals surface area (Å²) in [6.45, 7) is 0.894. The molecule has 0 saturated carbocycles. The largest absolute Gasteiger partial charge is 0.292 e. The fourth-order valence-electron chi connectivity index (χ4n) is 3.74. The molecule has 0 aromatic carbocycles. The molecule has 0 amide bonds. The third-order valence-corrected chi connectivity index (χ3v) is 4.90. The van der Waals surface area contributed by atoms with Crippen LogP contribution < -0.4 is 0 Å². The Bertz CT molecular complexity index is 720. The quantitative estimate of drug-likeness (QED) is 0.866. The van der Waals surface area contributed by atoms with Crippen molar-refractivity contribution in [1.29, 1.82) is 0 Å². The summed E-state index contributed by atoms with van der Waals surface area (Å²) < 4.78 is 0. The minimum Gasteiger partial charge on any atom is -0.292 e. The van der Waals surface area contributed by atoms with Crippen molar-refractivity contribution in [2.45, 2.75) is 38.3 Å². The van der Waals surface area contributed by atoms with Crippen LogP contribution in [0.4, 0.5) is 0 Å². The second kappa shape index (κ2) is 5.65. The highest BCUT2D eigenvalue weighted by molar-refractivity contribution is 5.60. The fraction of sp³-hybridized carbons (Fsp3) is 0.368. The first kappa shape index (κ1) is 13.6. The normalized spacial score (nSPS) is 19.3. The molecule has 1 atom stereocenters. The fourth-order valence-corrected chi connectivity index (χ4v) is 3.74. The third kappa shape index (κ3) is 2.35. The van der Waals surface area contributed by atoms with E-state index in [4.69, 9.17) is 0 Å². The van der Waals surface area contributed by atoms with Crippen LogP contribution in [-0.2, 0) is 19.4 Å². The summed E-state index contributed by atoms with van der Waals surface area (Å²) in [7, 11) is 2.21. The summed E-state index contributed by atoms with van der Waals surface area (Å²) >= 11 is 0. The van der Waals surface area contributed by atoms with Gasteiger partial charge in [0.25, 0.3) is 0 Å². The first-order chi connectivity index (χ1) is 10.8. The predicted molar refractivity (Wildman–Crippen MR) is 88.4 cm³/mol. The number of hydrogen-bond acceptors (Lipinski definition) is 3. The second-order valence-electron chi connectivity index (χ2n) is 6.30. The van der Waals surface area contributed by atoms with Gasteiger partial charge in [0, 0.05) is 18.9 Å². The summed E-state index contributed by atoms with van der Waals surface area (Å²) in [4.78, 5) is 11.7. The molecule has 1 unspecified atom stereocenters. The van der Waals surface area contributed by atoms with Crippen LogP contribution in [0.25, 0.3) is 6.08 Å². The van der Waals surface area contributed by atoms with Crippen molar-refractivity contribution >= 4 is 6.08 Å². The summed E-state index contributed by atoms with van der Waals surface area (Å²) in [6, 6.07) is 6.81. The van der Waals surface area contributed by atoms with Gasteiger partial charge in [0.15, 0.2) is 0 Å². The zero-order valence-electron chi connectivity index (χ0n) is 13.0. The van der Waals surface area contributed by atoms with E-state index < -0.39 is 0 Å². The first-order valence-electron chi connectivity index (χ1n) is 8.10. The van der Waals surface area contributed by atoms with Crippen molar-refractivity contribution in [1.82, 2.24) is 14.9 Å². The van der Waals surface area contributed by atoms with E-state index in [0.717, 1.165) is 19.4 Å². The van der Waals surface area contributed by atoms with E-state index >= 15 is 0 Å². The maximum Gasteiger partial charge on any atom is 0.0607 e. The van der Waals surface area contributed by atoms with Crippen molar-refractivity contribution in [2.75, 3.05) is 7.05 Å². The van der Waals surface area contributed by atoms with Gasteiger partial charge in [-0.2, -0.15) is 0 Å². The van der Waals surface area contributed by atoms with Crippen LogP contribution in [0.3, 0.4) is 0 Å². The zero-order chi connectivity index (χ0) is 14.9. The van der Waals surface area contributed by atoms with Crippen molar-refractivity contribution in [2.24, 2.45) is 0 Å². The Morgan fingerprint density at radius 2 is 2.18 bits per heavy atom. The summed E-state index contributed by atoms with van der Waals surface area (Å²) in [5, 5.41) is 0. The van der Waals surface area contributed by atoms with Crippen molar-refractivity contribution < 1.29 is 0 Å². The zero-order valence-corrected chi connectivity index (χ0v) is 13.0. The van der Waals surface area contributed by atoms with E-state index in [-0.39, 0.29) is 0 Å². The Balaban J connectivity index is 1.59. The Kier molecular flexibility index (Phi) is 3.51. The average molecular weight is 291 g/mol. The van der Waals surface area contributed by atoms with Gasteiger partial charge in [-0.1, -0.05) is 18.2 Å². The smallest absolute Gasteiger partial charge is 0.0607 e. The van der Waals surface area contributed by atoms with Crippen LogP contribution >= 0.6 is 0 Å². The van der Waals surface area contributed by atoms with E-state index in [1.54, 1.807) is 0 Å². The lowest BCUT2D eigenvalue weighted by molar-refractivity contribution is 0.206. The van der Waals surface area contributed by atoms with E-state index in [0.29, 0.717) is 6.04 Å². The average Bonchev–Trinajstić information content (AvgIpc) is 3.04. The predicted octanol–water partition coefficient (Wildman–Crippen LogP) is 3.56. The van der Waals surface area contributed by atoms with Crippen LogP contribution in [0.2, 0.25) is 0 Å². The number of allylic oxidation sites excluding steroid dienone is 1. The molecule has 3 heteroatoms. The van der Waals surface area contributed by atoms with Crippen molar-refractivity contribution in [3.63, 3.8) is 0 Å². The molecule has 2 aliphatic carbocycles. The SMILES string of the molecule is CN(Cc1nccc2c1CC=C2)C1CCCc2cccnc21. The van der Waals surface area contributed by atoms with Crippen LogP contribution in [0, 0.1) is 0 Å². The maximum absolute atomic E-state index is 4.66. The van der Waals surface area contributed by atoms with Gasteiger partial charge in [0.2, 0.25) is 0 Å². The molecule has 3 nitrogen and oxygen atoms in total. The van der Waals surface area contributed by atoms with Gasteiger partial charge in [-0.25, -0.2) is 0 Å². The number of fused-ring (bicyclic) bond motifs is 2. The molecule has 0 radical (unpaired) electrons. The first-order valence-corrected chi connectivity index (χ1v) is 8.10. The number of hydrogen-bond donors (Lipinski definition) is 0. The number of rotatable bonds is 3. The van der Waals surface area contributed by atoms with Gasteiger partial charge in [-0.15, -0.1) is 0 Å². The highest BCUT2D eigenvalue weighted by Crippen LogP contribution is 2.33. The van der Waals surface area contributed by atoms with Gasteiger partial charge in [-0.05, 0) is 61.6 Å². The monoisotopic (exact) mass is 291 g/mol. The van der Waals surface area contributed by atoms with Gasteiger partial charge < -0.3 is 0 Å². The Labute approximate surface area is 131 Å². The van der Waals surface area contributed by atoms with E-state index in [1.165, 1.54) is 40.9 Å². The van der Waals surface area contributed by atoms with E-state index in [2.05, 4.69) is 52.3 Å². The van der Waals surface area contributed by atoms with Crippen molar-refractivity contribution in [3.05, 3.63) is 64.7 Å². The number of pyridine rings is 2. The van der Waals surface area contributed by atoms with Crippen molar-refractivity contribution in [3.8, 4) is 0 Å². The molecule has 0 fully saturated rings. The van der Waals surface area contributed by atoms with Gasteiger partial charge >= 0.3 is 0 Å². The molecule has 0 saturated heterocycles. The molecule has 4 rings (SSSR count). The molecule has 2 aliphatic rings. The number of nitrogens with zero attached hydrogens (tertiary/aromatic N) is 3. The van der Waals surface area contributed by atoms with Crippen LogP contribution in [0.15, 0.2) is 36.7 Å². The Hall–Kier alpha value is -2.00. The van der Waals surface area contributed by atoms with E-state index in [9.17, 15) is 0 Å². The summed E-state index contributed by atoms with van der Waals surface area (Å²) in [5.74, 6) is 0. The molecule has 0 N–H and O–H groups in total. The molecule has 2 aromatic heterocycles. The highest BCUT2D eigenvalue weighted by atomic mass is 15.1. The highest BCUT2D eigenvalue weighted by Gasteiger charge is 2.25. The Morgan fingerprint density at radius 3 is 3.14 bits per heavy atom. The second-order valence-corrected chi connectivity index (χ2v) is 6.30. The minimum absolute atomic E-state index is 0.414. The Morgan fingerprint density at radius 1 is 1.23 bits per heavy atom. The lowest BCUT2D eigenvalue weighted by Crippen LogP contribution is -2.29. The molecule has 2 heterocycles. The van der Waals surface area contributed by atoms with E-state index in [1.807, 2.05) is 12.4 Å².